The lowest BCUT2D eigenvalue weighted by Crippen LogP contribution is -1.85. The molecular formula is C21H16ClN. The zero-order valence-electron chi connectivity index (χ0n) is 12.6. The van der Waals surface area contributed by atoms with Crippen molar-refractivity contribution in [2.24, 2.45) is 4.99 Å². The van der Waals surface area contributed by atoms with Crippen molar-refractivity contribution < 1.29 is 0 Å². The third-order valence-corrected chi connectivity index (χ3v) is 3.65. The van der Waals surface area contributed by atoms with Crippen LogP contribution >= 0.6 is 11.6 Å². The summed E-state index contributed by atoms with van der Waals surface area (Å²) in [6.45, 7) is 0. The Morgan fingerprint density at radius 3 is 1.87 bits per heavy atom. The van der Waals surface area contributed by atoms with E-state index >= 15 is 0 Å². The van der Waals surface area contributed by atoms with E-state index in [0.717, 1.165) is 27.4 Å². The monoisotopic (exact) mass is 317 g/mol. The molecule has 0 saturated heterocycles. The largest absolute Gasteiger partial charge is 0.256 e. The number of nitrogens with zero attached hydrogens (tertiary/aromatic N) is 1. The normalized spacial score (nSPS) is 11.8. The lowest BCUT2D eigenvalue weighted by atomic mass is 10.1. The van der Waals surface area contributed by atoms with E-state index in [1.54, 1.807) is 0 Å². The predicted octanol–water partition coefficient (Wildman–Crippen LogP) is 5.96. The molecule has 0 spiro atoms. The van der Waals surface area contributed by atoms with E-state index in [0.29, 0.717) is 0 Å². The summed E-state index contributed by atoms with van der Waals surface area (Å²) < 4.78 is 0. The highest BCUT2D eigenvalue weighted by Gasteiger charge is 2.00. The number of benzene rings is 3. The van der Waals surface area contributed by atoms with Crippen LogP contribution in [0.1, 0.15) is 16.7 Å². The van der Waals surface area contributed by atoms with Crippen LogP contribution < -0.4 is 0 Å². The van der Waals surface area contributed by atoms with Gasteiger partial charge in [-0.15, -0.1) is 0 Å². The van der Waals surface area contributed by atoms with Crippen LogP contribution in [-0.2, 0) is 0 Å². The summed E-state index contributed by atoms with van der Waals surface area (Å²) in [4.78, 5) is 4.68. The maximum Gasteiger partial charge on any atom is 0.0708 e. The minimum atomic E-state index is 0.722. The van der Waals surface area contributed by atoms with Crippen molar-refractivity contribution in [1.29, 1.82) is 0 Å². The van der Waals surface area contributed by atoms with Crippen molar-refractivity contribution in [2.45, 2.75) is 0 Å². The first-order valence-corrected chi connectivity index (χ1v) is 7.81. The maximum absolute atomic E-state index is 5.99. The first kappa shape index (κ1) is 15.3. The molecule has 112 valence electrons. The van der Waals surface area contributed by atoms with E-state index < -0.39 is 0 Å². The topological polar surface area (TPSA) is 12.4 Å². The highest BCUT2D eigenvalue weighted by Crippen LogP contribution is 2.21. The van der Waals surface area contributed by atoms with Gasteiger partial charge in [0.15, 0.2) is 0 Å². The van der Waals surface area contributed by atoms with Crippen molar-refractivity contribution in [2.75, 3.05) is 0 Å². The summed E-state index contributed by atoms with van der Waals surface area (Å²) >= 11 is 5.99. The van der Waals surface area contributed by atoms with Gasteiger partial charge >= 0.3 is 0 Å². The predicted molar refractivity (Wildman–Crippen MR) is 99.8 cm³/mol. The van der Waals surface area contributed by atoms with Gasteiger partial charge in [0, 0.05) is 16.8 Å². The van der Waals surface area contributed by atoms with Crippen LogP contribution in [-0.4, -0.2) is 6.21 Å². The van der Waals surface area contributed by atoms with Crippen LogP contribution in [0.5, 0.6) is 0 Å². The van der Waals surface area contributed by atoms with Crippen LogP contribution in [0.3, 0.4) is 0 Å². The van der Waals surface area contributed by atoms with Crippen molar-refractivity contribution in [3.63, 3.8) is 0 Å². The molecule has 0 radical (unpaired) electrons. The van der Waals surface area contributed by atoms with E-state index in [1.165, 1.54) is 0 Å². The second kappa shape index (κ2) is 7.57. The van der Waals surface area contributed by atoms with Crippen LogP contribution in [0.2, 0.25) is 5.02 Å². The Kier molecular flexibility index (Phi) is 5.02. The molecule has 0 heterocycles. The summed E-state index contributed by atoms with van der Waals surface area (Å²) in [5.74, 6) is 0. The standard InChI is InChI=1S/C21H16ClN/c22-20-13-11-19(12-14-20)21(15-17-7-3-1-4-8-17)23-16-18-9-5-2-6-10-18/h1-16H/b21-15-,23-16?. The molecule has 0 unspecified atom stereocenters. The minimum absolute atomic E-state index is 0.722. The summed E-state index contributed by atoms with van der Waals surface area (Å²) in [7, 11) is 0. The highest BCUT2D eigenvalue weighted by atomic mass is 35.5. The molecule has 0 aromatic heterocycles. The molecule has 3 rings (SSSR count). The average molecular weight is 318 g/mol. The van der Waals surface area contributed by atoms with Crippen molar-refractivity contribution in [1.82, 2.24) is 0 Å². The van der Waals surface area contributed by atoms with E-state index in [2.05, 4.69) is 23.2 Å². The SMILES string of the molecule is Clc1ccc(/C(=C/c2ccccc2)N=Cc2ccccc2)cc1. The fourth-order valence-corrected chi connectivity index (χ4v) is 2.33. The zero-order valence-corrected chi connectivity index (χ0v) is 13.3. The van der Waals surface area contributed by atoms with Crippen LogP contribution in [0, 0.1) is 0 Å². The molecule has 0 aliphatic rings. The molecule has 0 bridgehead atoms. The molecule has 0 N–H and O–H groups in total. The first-order chi connectivity index (χ1) is 11.3. The Morgan fingerprint density at radius 1 is 0.696 bits per heavy atom. The smallest absolute Gasteiger partial charge is 0.0708 e. The number of hydrogen-bond acceptors (Lipinski definition) is 1. The van der Waals surface area contributed by atoms with Crippen molar-refractivity contribution >= 4 is 29.6 Å². The van der Waals surface area contributed by atoms with Gasteiger partial charge in [0.2, 0.25) is 0 Å². The van der Waals surface area contributed by atoms with Gasteiger partial charge in [-0.3, -0.25) is 4.99 Å². The molecule has 0 fully saturated rings. The molecule has 2 heteroatoms. The molecule has 3 aromatic rings. The molecule has 1 nitrogen and oxygen atoms in total. The van der Waals surface area contributed by atoms with E-state index in [4.69, 9.17) is 11.6 Å². The van der Waals surface area contributed by atoms with E-state index in [-0.39, 0.29) is 0 Å². The first-order valence-electron chi connectivity index (χ1n) is 7.43. The number of rotatable bonds is 4. The lowest BCUT2D eigenvalue weighted by Gasteiger charge is -2.04. The summed E-state index contributed by atoms with van der Waals surface area (Å²) in [6.07, 6.45) is 3.95. The maximum atomic E-state index is 5.99. The molecule has 0 aliphatic carbocycles. The second-order valence-electron chi connectivity index (χ2n) is 5.12. The molecule has 23 heavy (non-hydrogen) atoms. The van der Waals surface area contributed by atoms with Crippen molar-refractivity contribution in [3.05, 3.63) is 107 Å². The minimum Gasteiger partial charge on any atom is -0.256 e. The highest BCUT2D eigenvalue weighted by molar-refractivity contribution is 6.30. The second-order valence-corrected chi connectivity index (χ2v) is 5.55. The van der Waals surface area contributed by atoms with E-state index in [9.17, 15) is 0 Å². The Balaban J connectivity index is 1.98. The average Bonchev–Trinajstić information content (AvgIpc) is 2.61. The van der Waals surface area contributed by atoms with Crippen LogP contribution in [0.4, 0.5) is 0 Å². The third kappa shape index (κ3) is 4.41. The third-order valence-electron chi connectivity index (χ3n) is 3.40. The van der Waals surface area contributed by atoms with Crippen LogP contribution in [0.15, 0.2) is 89.9 Å². The Morgan fingerprint density at radius 2 is 1.26 bits per heavy atom. The summed E-state index contributed by atoms with van der Waals surface area (Å²) in [6, 6.07) is 28.0. The van der Waals surface area contributed by atoms with Crippen molar-refractivity contribution in [3.8, 4) is 0 Å². The van der Waals surface area contributed by atoms with Gasteiger partial charge in [-0.25, -0.2) is 0 Å². The summed E-state index contributed by atoms with van der Waals surface area (Å²) in [5, 5.41) is 0.722. The number of hydrogen-bond donors (Lipinski definition) is 0. The number of halogens is 1. The molecule has 0 saturated carbocycles. The van der Waals surface area contributed by atoms with Gasteiger partial charge in [-0.2, -0.15) is 0 Å². The molecule has 0 atom stereocenters. The lowest BCUT2D eigenvalue weighted by molar-refractivity contribution is 1.51. The van der Waals surface area contributed by atoms with Gasteiger partial charge in [0.1, 0.15) is 0 Å². The van der Waals surface area contributed by atoms with Gasteiger partial charge in [0.05, 0.1) is 5.70 Å². The van der Waals surface area contributed by atoms with Gasteiger partial charge in [-0.1, -0.05) is 84.4 Å². The van der Waals surface area contributed by atoms with Gasteiger partial charge in [0.25, 0.3) is 0 Å². The molecule has 3 aromatic carbocycles. The van der Waals surface area contributed by atoms with Gasteiger partial charge in [-0.05, 0) is 29.3 Å². The zero-order chi connectivity index (χ0) is 15.9. The molecule has 0 aliphatic heterocycles. The van der Waals surface area contributed by atoms with E-state index in [1.807, 2.05) is 79.0 Å². The fourth-order valence-electron chi connectivity index (χ4n) is 2.21. The Hall–Kier alpha value is -2.64. The van der Waals surface area contributed by atoms with Gasteiger partial charge < -0.3 is 0 Å². The van der Waals surface area contributed by atoms with Crippen LogP contribution in [0.25, 0.3) is 11.8 Å². The Bertz CT molecular complexity index is 803. The molecular weight excluding hydrogens is 302 g/mol. The number of aliphatic imine (C=N–C) groups is 1. The molecule has 0 amide bonds. The fraction of sp³-hybridized carbons (Fsp3) is 0. The summed E-state index contributed by atoms with van der Waals surface area (Å²) in [5.41, 5.74) is 4.12. The quantitative estimate of drug-likeness (QED) is 0.416. The Labute approximate surface area is 141 Å².